The van der Waals surface area contributed by atoms with E-state index in [1.54, 1.807) is 0 Å². The first-order chi connectivity index (χ1) is 4.85. The SMILES string of the molecule is ClCc1nn[nH]n1.[N-]=[N+]=[N-].[Na+]. The van der Waals surface area contributed by atoms with Gasteiger partial charge in [-0.25, -0.2) is 0 Å². The van der Waals surface area contributed by atoms with Crippen LogP contribution in [0.2, 0.25) is 0 Å². The van der Waals surface area contributed by atoms with Crippen molar-refractivity contribution in [3.63, 3.8) is 0 Å². The molecule has 1 heterocycles. The van der Waals surface area contributed by atoms with Gasteiger partial charge in [0.15, 0.2) is 5.82 Å². The Morgan fingerprint density at radius 1 is 1.55 bits per heavy atom. The number of alkyl halides is 1. The first-order valence-electron chi connectivity index (χ1n) is 2.12. The van der Waals surface area contributed by atoms with Crippen molar-refractivity contribution in [2.45, 2.75) is 5.88 Å². The van der Waals surface area contributed by atoms with Crippen molar-refractivity contribution < 1.29 is 29.6 Å². The summed E-state index contributed by atoms with van der Waals surface area (Å²) in [4.78, 5) is 1.50. The van der Waals surface area contributed by atoms with E-state index in [-0.39, 0.29) is 29.6 Å². The molecule has 0 aliphatic heterocycles. The normalized spacial score (nSPS) is 6.64. The zero-order valence-corrected chi connectivity index (χ0v) is 8.52. The van der Waals surface area contributed by atoms with Gasteiger partial charge in [-0.2, -0.15) is 5.21 Å². The van der Waals surface area contributed by atoms with Gasteiger partial charge in [0.2, 0.25) is 0 Å². The molecule has 0 unspecified atom stereocenters. The van der Waals surface area contributed by atoms with E-state index in [4.69, 9.17) is 22.7 Å². The van der Waals surface area contributed by atoms with Crippen LogP contribution in [0.25, 0.3) is 16.0 Å². The van der Waals surface area contributed by atoms with E-state index in [1.165, 1.54) is 4.91 Å². The fourth-order valence-electron chi connectivity index (χ4n) is 0.239. The van der Waals surface area contributed by atoms with Crippen LogP contribution in [0, 0.1) is 0 Å². The second-order valence-corrected chi connectivity index (χ2v) is 1.32. The number of aromatic nitrogens is 4. The third-order valence-electron chi connectivity index (χ3n) is 0.509. The predicted octanol–water partition coefficient (Wildman–Crippen LogP) is -2.19. The average molecular weight is 184 g/mol. The van der Waals surface area contributed by atoms with Gasteiger partial charge in [0.1, 0.15) is 0 Å². The van der Waals surface area contributed by atoms with Gasteiger partial charge in [-0.1, -0.05) is 5.21 Å². The summed E-state index contributed by atoms with van der Waals surface area (Å²) >= 11 is 5.28. The maximum Gasteiger partial charge on any atom is 1.00 e. The van der Waals surface area contributed by atoms with Gasteiger partial charge in [-0.3, -0.25) is 4.91 Å². The Labute approximate surface area is 89.2 Å². The third kappa shape index (κ3) is 7.57. The largest absolute Gasteiger partial charge is 1.00 e. The molecule has 7 nitrogen and oxygen atoms in total. The number of hydrogen-bond acceptors (Lipinski definition) is 3. The molecule has 0 aromatic carbocycles. The van der Waals surface area contributed by atoms with Crippen LogP contribution in [-0.4, -0.2) is 20.6 Å². The minimum atomic E-state index is 0. The van der Waals surface area contributed by atoms with Gasteiger partial charge in [-0.15, -0.1) is 21.8 Å². The van der Waals surface area contributed by atoms with Crippen LogP contribution in [0.3, 0.4) is 0 Å². The fraction of sp³-hybridized carbons (Fsp3) is 0.500. The smallest absolute Gasteiger partial charge is 0.373 e. The summed E-state index contributed by atoms with van der Waals surface area (Å²) in [5.41, 5.74) is 13.5. The van der Waals surface area contributed by atoms with Crippen LogP contribution in [0.4, 0.5) is 0 Å². The molecule has 0 aliphatic rings. The van der Waals surface area contributed by atoms with Crippen LogP contribution >= 0.6 is 11.6 Å². The number of H-pyrrole nitrogens is 1. The molecule has 0 radical (unpaired) electrons. The Bertz CT molecular complexity index is 190. The number of tetrazole rings is 1. The number of hydrogen-bond donors (Lipinski definition) is 1. The van der Waals surface area contributed by atoms with Crippen LogP contribution in [0.1, 0.15) is 5.82 Å². The first-order valence-corrected chi connectivity index (χ1v) is 2.65. The van der Waals surface area contributed by atoms with Crippen LogP contribution < -0.4 is 29.6 Å². The second kappa shape index (κ2) is 9.67. The molecule has 0 spiro atoms. The molecular weight excluding hydrogens is 181 g/mol. The van der Waals surface area contributed by atoms with Crippen molar-refractivity contribution in [2.75, 3.05) is 0 Å². The van der Waals surface area contributed by atoms with E-state index >= 15 is 0 Å². The molecule has 0 bridgehead atoms. The number of halogens is 1. The zero-order chi connectivity index (χ0) is 7.82. The monoisotopic (exact) mass is 183 g/mol. The maximum atomic E-state index is 6.75. The standard InChI is InChI=1S/C2H3ClN4.N3.Na/c3-1-2-4-6-7-5-2;1-3-2;/h1H2,(H,4,5,6,7);;/q;-1;+1. The Morgan fingerprint density at radius 3 is 2.27 bits per heavy atom. The van der Waals surface area contributed by atoms with Crippen molar-refractivity contribution in [1.29, 1.82) is 0 Å². The number of nitrogens with zero attached hydrogens (tertiary/aromatic N) is 6. The van der Waals surface area contributed by atoms with Gasteiger partial charge in [0.05, 0.1) is 5.88 Å². The third-order valence-corrected chi connectivity index (χ3v) is 0.748. The first kappa shape index (κ1) is 13.3. The summed E-state index contributed by atoms with van der Waals surface area (Å²) < 4.78 is 0. The molecule has 0 atom stereocenters. The van der Waals surface area contributed by atoms with Gasteiger partial charge >= 0.3 is 29.6 Å². The van der Waals surface area contributed by atoms with E-state index in [1.807, 2.05) is 0 Å². The summed E-state index contributed by atoms with van der Waals surface area (Å²) in [7, 11) is 0. The van der Waals surface area contributed by atoms with Gasteiger partial charge in [-0.05, 0) is 0 Å². The zero-order valence-electron chi connectivity index (χ0n) is 5.77. The Hall–Kier alpha value is -0.330. The molecule has 0 saturated heterocycles. The van der Waals surface area contributed by atoms with Crippen molar-refractivity contribution >= 4 is 11.6 Å². The number of aromatic amines is 1. The molecule has 9 heteroatoms. The van der Waals surface area contributed by atoms with Gasteiger partial charge in [0.25, 0.3) is 0 Å². The topological polar surface area (TPSA) is 113 Å². The number of rotatable bonds is 1. The van der Waals surface area contributed by atoms with Crippen LogP contribution in [0.5, 0.6) is 0 Å². The second-order valence-electron chi connectivity index (χ2n) is 1.05. The van der Waals surface area contributed by atoms with Crippen LogP contribution in [-0.2, 0) is 5.88 Å². The van der Waals surface area contributed by atoms with E-state index in [2.05, 4.69) is 20.6 Å². The van der Waals surface area contributed by atoms with E-state index in [0.717, 1.165) is 0 Å². The number of nitrogens with one attached hydrogen (secondary N) is 1. The van der Waals surface area contributed by atoms with Crippen molar-refractivity contribution in [2.24, 2.45) is 0 Å². The molecule has 1 rings (SSSR count). The van der Waals surface area contributed by atoms with Crippen molar-refractivity contribution in [1.82, 2.24) is 20.6 Å². The maximum absolute atomic E-state index is 6.75. The Kier molecular flexibility index (Phi) is 11.7. The van der Waals surface area contributed by atoms with Crippen molar-refractivity contribution in [3.05, 3.63) is 21.8 Å². The minimum Gasteiger partial charge on any atom is -0.373 e. The molecule has 1 aromatic rings. The predicted molar refractivity (Wildman–Crippen MR) is 33.8 cm³/mol. The molecule has 1 aromatic heterocycles. The fourth-order valence-corrected chi connectivity index (χ4v) is 0.352. The molecule has 0 fully saturated rings. The van der Waals surface area contributed by atoms with E-state index < -0.39 is 0 Å². The van der Waals surface area contributed by atoms with Crippen LogP contribution in [0.15, 0.2) is 0 Å². The van der Waals surface area contributed by atoms with E-state index in [9.17, 15) is 0 Å². The molecular formula is C2H3ClN7Na. The summed E-state index contributed by atoms with van der Waals surface area (Å²) in [6.07, 6.45) is 0. The summed E-state index contributed by atoms with van der Waals surface area (Å²) in [6, 6.07) is 0. The van der Waals surface area contributed by atoms with Gasteiger partial charge < -0.3 is 11.1 Å². The molecule has 0 saturated carbocycles. The Balaban J connectivity index is 0. The minimum absolute atomic E-state index is 0. The molecule has 0 amide bonds. The molecule has 54 valence electrons. The van der Waals surface area contributed by atoms with Gasteiger partial charge in [0, 0.05) is 0 Å². The van der Waals surface area contributed by atoms with E-state index in [0.29, 0.717) is 11.7 Å². The van der Waals surface area contributed by atoms with Crippen molar-refractivity contribution in [3.8, 4) is 0 Å². The molecule has 1 N–H and O–H groups in total. The average Bonchev–Trinajstić information content (AvgIpc) is 2.39. The molecule has 0 aliphatic carbocycles. The summed E-state index contributed by atoms with van der Waals surface area (Å²) in [5, 5.41) is 12.6. The summed E-state index contributed by atoms with van der Waals surface area (Å²) in [6.45, 7) is 0. The summed E-state index contributed by atoms with van der Waals surface area (Å²) in [5.74, 6) is 0.845. The Morgan fingerprint density at radius 2 is 2.09 bits per heavy atom. The quantitative estimate of drug-likeness (QED) is 0.175. The molecule has 11 heavy (non-hydrogen) atoms.